The Balaban J connectivity index is 1.42. The number of anilines is 3. The van der Waals surface area contributed by atoms with Gasteiger partial charge in [0.1, 0.15) is 0 Å². The Kier molecular flexibility index (Phi) is 7.14. The van der Waals surface area contributed by atoms with Crippen LogP contribution >= 0.6 is 0 Å². The molecule has 11 heteroatoms. The van der Waals surface area contributed by atoms with Crippen molar-refractivity contribution < 1.29 is 33.5 Å². The Morgan fingerprint density at radius 1 is 0.795 bits per heavy atom. The van der Waals surface area contributed by atoms with Crippen molar-refractivity contribution in [2.24, 2.45) is 11.8 Å². The molecule has 2 aromatic carbocycles. The van der Waals surface area contributed by atoms with Crippen LogP contribution in [0.25, 0.3) is 0 Å². The number of methoxy groups -OCH3 is 1. The van der Waals surface area contributed by atoms with Gasteiger partial charge in [-0.05, 0) is 62.1 Å². The van der Waals surface area contributed by atoms with Crippen LogP contribution in [0.4, 0.5) is 21.9 Å². The summed E-state index contributed by atoms with van der Waals surface area (Å²) < 4.78 is 4.66. The molecule has 2 N–H and O–H groups in total. The number of hydrogen-bond acceptors (Lipinski definition) is 7. The van der Waals surface area contributed by atoms with Crippen molar-refractivity contribution in [1.29, 1.82) is 0 Å². The van der Waals surface area contributed by atoms with Crippen molar-refractivity contribution >= 4 is 52.4 Å². The van der Waals surface area contributed by atoms with Gasteiger partial charge in [-0.3, -0.25) is 19.2 Å². The number of ketones is 2. The minimum absolute atomic E-state index is 0.123. The lowest BCUT2D eigenvalue weighted by Crippen LogP contribution is -2.57. The number of amides is 4. The van der Waals surface area contributed by atoms with E-state index in [1.807, 2.05) is 0 Å². The number of hydrogen-bond donors (Lipinski definition) is 2. The summed E-state index contributed by atoms with van der Waals surface area (Å²) in [5, 5.41) is 4.99. The molecule has 2 aliphatic carbocycles. The third-order valence-corrected chi connectivity index (χ3v) is 7.02. The normalized spacial score (nSPS) is 17.3. The van der Waals surface area contributed by atoms with Crippen molar-refractivity contribution in [3.63, 3.8) is 0 Å². The van der Waals surface area contributed by atoms with Gasteiger partial charge in [0.25, 0.3) is 11.8 Å². The van der Waals surface area contributed by atoms with Crippen molar-refractivity contribution in [3.05, 3.63) is 54.1 Å². The van der Waals surface area contributed by atoms with Crippen LogP contribution in [0.15, 0.2) is 48.5 Å². The fourth-order valence-electron chi connectivity index (χ4n) is 4.51. The lowest BCUT2D eigenvalue weighted by Gasteiger charge is -2.24. The Labute approximate surface area is 224 Å². The first kappa shape index (κ1) is 26.1. The fourth-order valence-corrected chi connectivity index (χ4v) is 4.51. The molecule has 0 radical (unpaired) electrons. The molecule has 2 fully saturated rings. The average molecular weight is 533 g/mol. The number of carbonyl (C=O) groups excluding carboxylic acids is 6. The second kappa shape index (κ2) is 10.7. The number of ether oxygens (including phenoxy) is 1. The zero-order chi connectivity index (χ0) is 27.7. The van der Waals surface area contributed by atoms with Gasteiger partial charge in [0.05, 0.1) is 37.1 Å². The molecule has 0 aromatic heterocycles. The highest BCUT2D eigenvalue weighted by molar-refractivity contribution is 6.23. The van der Waals surface area contributed by atoms with Crippen LogP contribution in [-0.4, -0.2) is 61.6 Å². The minimum atomic E-state index is -1.68. The second-order valence-corrected chi connectivity index (χ2v) is 9.92. The van der Waals surface area contributed by atoms with E-state index >= 15 is 0 Å². The first-order valence-electron chi connectivity index (χ1n) is 12.8. The van der Waals surface area contributed by atoms with Crippen LogP contribution in [0.5, 0.6) is 0 Å². The lowest BCUT2D eigenvalue weighted by molar-refractivity contribution is -0.131. The SMILES string of the molecule is COC(=O)c1ccc(NC(=O)NC2C(=O)N(CC(=O)C3CC3)c3ccccc3N(CC(=O)C3CC3)C2=O)cc1. The summed E-state index contributed by atoms with van der Waals surface area (Å²) in [4.78, 5) is 80.1. The van der Waals surface area contributed by atoms with Gasteiger partial charge >= 0.3 is 12.0 Å². The number of nitrogens with one attached hydrogen (secondary N) is 2. The number of nitrogens with zero attached hydrogens (tertiary/aromatic N) is 2. The van der Waals surface area contributed by atoms with Crippen molar-refractivity contribution in [3.8, 4) is 0 Å². The molecule has 0 bridgehead atoms. The highest BCUT2D eigenvalue weighted by Gasteiger charge is 2.44. The van der Waals surface area contributed by atoms with E-state index in [0.717, 1.165) is 25.7 Å². The Morgan fingerprint density at radius 3 is 1.72 bits per heavy atom. The summed E-state index contributed by atoms with van der Waals surface area (Å²) >= 11 is 0. The van der Waals surface area contributed by atoms with Crippen molar-refractivity contribution in [2.75, 3.05) is 35.3 Å². The maximum atomic E-state index is 13.8. The molecule has 202 valence electrons. The molecular weight excluding hydrogens is 504 g/mol. The monoisotopic (exact) mass is 532 g/mol. The Hall–Kier alpha value is -4.54. The number of rotatable bonds is 9. The summed E-state index contributed by atoms with van der Waals surface area (Å²) in [5.41, 5.74) is 1.24. The molecule has 5 rings (SSSR count). The molecule has 2 saturated carbocycles. The third-order valence-electron chi connectivity index (χ3n) is 7.02. The van der Waals surface area contributed by atoms with Gasteiger partial charge in [-0.2, -0.15) is 0 Å². The number of para-hydroxylation sites is 2. The minimum Gasteiger partial charge on any atom is -0.465 e. The number of esters is 1. The van der Waals surface area contributed by atoms with Crippen LogP contribution in [0, 0.1) is 11.8 Å². The van der Waals surface area contributed by atoms with Gasteiger partial charge in [0, 0.05) is 17.5 Å². The van der Waals surface area contributed by atoms with Crippen molar-refractivity contribution in [2.45, 2.75) is 31.7 Å². The largest absolute Gasteiger partial charge is 0.465 e. The summed E-state index contributed by atoms with van der Waals surface area (Å²) in [6, 6.07) is 9.95. The van der Waals surface area contributed by atoms with Gasteiger partial charge in [0.15, 0.2) is 17.6 Å². The fraction of sp³-hybridized carbons (Fsp3) is 0.357. The molecular formula is C28H28N4O7. The standard InChI is InChI=1S/C28H28N4O7/c1-39-27(37)18-10-12-19(13-11-18)29-28(38)30-24-25(35)31(14-22(33)16-6-7-16)20-4-2-3-5-21(20)32(26(24)36)15-23(34)17-8-9-17/h2-5,10-13,16-17,24H,6-9,14-15H2,1H3,(H2,29,30,38). The molecule has 1 heterocycles. The topological polar surface area (TPSA) is 142 Å². The Bertz CT molecular complexity index is 1280. The van der Waals surface area contributed by atoms with Gasteiger partial charge in [-0.15, -0.1) is 0 Å². The second-order valence-electron chi connectivity index (χ2n) is 9.92. The third kappa shape index (κ3) is 5.66. The molecule has 11 nitrogen and oxygen atoms in total. The molecule has 1 aliphatic heterocycles. The van der Waals surface area contributed by atoms with E-state index in [-0.39, 0.29) is 42.1 Å². The first-order valence-corrected chi connectivity index (χ1v) is 12.8. The molecule has 0 atom stereocenters. The van der Waals surface area contributed by atoms with E-state index in [0.29, 0.717) is 17.1 Å². The number of urea groups is 1. The van der Waals surface area contributed by atoms with Gasteiger partial charge in [0.2, 0.25) is 0 Å². The number of carbonyl (C=O) groups is 6. The summed E-state index contributed by atoms with van der Waals surface area (Å²) in [5.74, 6) is -2.57. The molecule has 4 amide bonds. The maximum absolute atomic E-state index is 13.8. The molecule has 39 heavy (non-hydrogen) atoms. The predicted molar refractivity (Wildman–Crippen MR) is 140 cm³/mol. The van der Waals surface area contributed by atoms with Gasteiger partial charge in [-0.1, -0.05) is 12.1 Å². The average Bonchev–Trinajstić information content (AvgIpc) is 3.84. The van der Waals surface area contributed by atoms with E-state index < -0.39 is 29.9 Å². The van der Waals surface area contributed by atoms with E-state index in [4.69, 9.17) is 0 Å². The highest BCUT2D eigenvalue weighted by Crippen LogP contribution is 2.37. The summed E-state index contributed by atoms with van der Waals surface area (Å²) in [7, 11) is 1.25. The van der Waals surface area contributed by atoms with E-state index in [1.165, 1.54) is 41.2 Å². The number of benzene rings is 2. The molecule has 0 saturated heterocycles. The van der Waals surface area contributed by atoms with E-state index in [2.05, 4.69) is 15.4 Å². The first-order chi connectivity index (χ1) is 18.8. The quantitative estimate of drug-likeness (QED) is 0.373. The van der Waals surface area contributed by atoms with E-state index in [9.17, 15) is 28.8 Å². The highest BCUT2D eigenvalue weighted by atomic mass is 16.5. The smallest absolute Gasteiger partial charge is 0.337 e. The van der Waals surface area contributed by atoms with Crippen LogP contribution in [0.3, 0.4) is 0 Å². The zero-order valence-electron chi connectivity index (χ0n) is 21.3. The number of Topliss-reactive ketones (excluding diaryl/α,β-unsaturated/α-hetero) is 2. The zero-order valence-corrected chi connectivity index (χ0v) is 21.3. The summed E-state index contributed by atoms with van der Waals surface area (Å²) in [6.07, 6.45) is 3.01. The van der Waals surface area contributed by atoms with Gasteiger partial charge < -0.3 is 25.2 Å². The Morgan fingerprint density at radius 2 is 1.28 bits per heavy atom. The lowest BCUT2D eigenvalue weighted by atomic mass is 10.2. The van der Waals surface area contributed by atoms with Crippen LogP contribution in [-0.2, 0) is 23.9 Å². The number of fused-ring (bicyclic) bond motifs is 1. The van der Waals surface area contributed by atoms with Crippen LogP contribution < -0.4 is 20.4 Å². The van der Waals surface area contributed by atoms with E-state index in [1.54, 1.807) is 24.3 Å². The van der Waals surface area contributed by atoms with Gasteiger partial charge in [-0.25, -0.2) is 9.59 Å². The molecule has 2 aromatic rings. The van der Waals surface area contributed by atoms with Crippen LogP contribution in [0.2, 0.25) is 0 Å². The molecule has 0 unspecified atom stereocenters. The predicted octanol–water partition coefficient (Wildman–Crippen LogP) is 2.30. The molecule has 3 aliphatic rings. The maximum Gasteiger partial charge on any atom is 0.337 e. The molecule has 0 spiro atoms. The summed E-state index contributed by atoms with van der Waals surface area (Å²) in [6.45, 7) is -0.486. The van der Waals surface area contributed by atoms with Crippen molar-refractivity contribution in [1.82, 2.24) is 5.32 Å². The van der Waals surface area contributed by atoms with Crippen LogP contribution in [0.1, 0.15) is 36.0 Å².